The van der Waals surface area contributed by atoms with Gasteiger partial charge in [-0.25, -0.2) is 0 Å². The van der Waals surface area contributed by atoms with E-state index in [-0.39, 0.29) is 23.8 Å². The van der Waals surface area contributed by atoms with E-state index in [4.69, 9.17) is 5.73 Å². The van der Waals surface area contributed by atoms with Crippen LogP contribution in [0.5, 0.6) is 0 Å². The van der Waals surface area contributed by atoms with Gasteiger partial charge in [-0.2, -0.15) is 4.80 Å². The maximum atomic E-state index is 11.6. The highest BCUT2D eigenvalue weighted by molar-refractivity contribution is 5.92. The molecule has 0 spiro atoms. The van der Waals surface area contributed by atoms with Gasteiger partial charge in [0.05, 0.1) is 13.0 Å². The zero-order valence-corrected chi connectivity index (χ0v) is 8.29. The monoisotopic (exact) mass is 208 g/mol. The Hall–Kier alpha value is -1.76. The molecule has 7 heteroatoms. The van der Waals surface area contributed by atoms with Crippen molar-refractivity contribution in [2.75, 3.05) is 5.32 Å². The lowest BCUT2D eigenvalue weighted by molar-refractivity contribution is -0.118. The molecule has 15 heavy (non-hydrogen) atoms. The molecule has 0 fully saturated rings. The molecule has 1 aromatic rings. The number of nitrogens with zero attached hydrogens (tertiary/aromatic N) is 4. The predicted octanol–water partition coefficient (Wildman–Crippen LogP) is -0.948. The van der Waals surface area contributed by atoms with Crippen molar-refractivity contribution >= 4 is 11.9 Å². The summed E-state index contributed by atoms with van der Waals surface area (Å²) in [6.45, 7) is 0. The molecule has 0 bridgehead atoms. The summed E-state index contributed by atoms with van der Waals surface area (Å²) in [5.74, 6) is -0.118. The smallest absolute Gasteiger partial charge is 0.270 e. The van der Waals surface area contributed by atoms with E-state index in [1.165, 1.54) is 4.80 Å². The van der Waals surface area contributed by atoms with Crippen LogP contribution < -0.4 is 11.1 Å². The molecule has 0 aliphatic heterocycles. The number of amides is 1. The maximum Gasteiger partial charge on any atom is 0.270 e. The van der Waals surface area contributed by atoms with Gasteiger partial charge >= 0.3 is 0 Å². The maximum absolute atomic E-state index is 11.6. The highest BCUT2D eigenvalue weighted by Crippen LogP contribution is 2.17. The molecule has 1 aliphatic carbocycles. The fourth-order valence-electron chi connectivity index (χ4n) is 1.46. The van der Waals surface area contributed by atoms with Crippen LogP contribution in [0.25, 0.3) is 0 Å². The van der Waals surface area contributed by atoms with Crippen LogP contribution in [0.3, 0.4) is 0 Å². The fourth-order valence-corrected chi connectivity index (χ4v) is 1.46. The summed E-state index contributed by atoms with van der Waals surface area (Å²) in [5.41, 5.74) is 5.65. The Bertz CT molecular complexity index is 398. The van der Waals surface area contributed by atoms with Crippen molar-refractivity contribution in [3.63, 3.8) is 0 Å². The van der Waals surface area contributed by atoms with Gasteiger partial charge in [-0.05, 0) is 11.6 Å². The molecule has 7 nitrogen and oxygen atoms in total. The summed E-state index contributed by atoms with van der Waals surface area (Å²) in [5, 5.41) is 13.7. The largest absolute Gasteiger partial charge is 0.324 e. The van der Waals surface area contributed by atoms with E-state index >= 15 is 0 Å². The highest BCUT2D eigenvalue weighted by atomic mass is 16.2. The molecule has 2 atom stereocenters. The zero-order valence-electron chi connectivity index (χ0n) is 8.29. The lowest BCUT2D eigenvalue weighted by atomic mass is 10.1. The molecule has 0 radical (unpaired) electrons. The third-order valence-corrected chi connectivity index (χ3v) is 2.20. The number of aromatic nitrogens is 4. The number of anilines is 1. The van der Waals surface area contributed by atoms with Crippen LogP contribution in [0.1, 0.15) is 6.42 Å². The Balaban J connectivity index is 1.96. The van der Waals surface area contributed by atoms with E-state index < -0.39 is 0 Å². The average Bonchev–Trinajstić information content (AvgIpc) is 2.75. The van der Waals surface area contributed by atoms with E-state index in [1.54, 1.807) is 13.1 Å². The lowest BCUT2D eigenvalue weighted by Gasteiger charge is -2.07. The first-order valence-corrected chi connectivity index (χ1v) is 4.64. The molecule has 3 N–H and O–H groups in total. The number of carbonyl (C=O) groups excluding carboxylic acids is 1. The Morgan fingerprint density at radius 2 is 2.47 bits per heavy atom. The zero-order chi connectivity index (χ0) is 10.8. The number of carbonyl (C=O) groups is 1. The molecule has 0 aromatic carbocycles. The summed E-state index contributed by atoms with van der Waals surface area (Å²) in [7, 11) is 1.63. The summed E-state index contributed by atoms with van der Waals surface area (Å²) in [6.07, 6.45) is 4.26. The predicted molar refractivity (Wildman–Crippen MR) is 52.7 cm³/mol. The summed E-state index contributed by atoms with van der Waals surface area (Å²) < 4.78 is 0. The van der Waals surface area contributed by atoms with Crippen molar-refractivity contribution in [2.24, 2.45) is 18.7 Å². The number of aryl methyl sites for hydroxylation is 1. The second-order valence-electron chi connectivity index (χ2n) is 3.48. The van der Waals surface area contributed by atoms with Gasteiger partial charge in [0.15, 0.2) is 0 Å². The summed E-state index contributed by atoms with van der Waals surface area (Å²) >= 11 is 0. The molecule has 1 heterocycles. The highest BCUT2D eigenvalue weighted by Gasteiger charge is 2.23. The van der Waals surface area contributed by atoms with Gasteiger partial charge in [-0.15, -0.1) is 5.10 Å². The van der Waals surface area contributed by atoms with Crippen LogP contribution in [-0.2, 0) is 11.8 Å². The van der Waals surface area contributed by atoms with Gasteiger partial charge < -0.3 is 5.73 Å². The van der Waals surface area contributed by atoms with E-state index in [9.17, 15) is 4.79 Å². The number of nitrogens with one attached hydrogen (secondary N) is 1. The molecule has 0 saturated carbocycles. The fraction of sp³-hybridized carbons (Fsp3) is 0.500. The molecule has 1 aliphatic rings. The van der Waals surface area contributed by atoms with Crippen molar-refractivity contribution in [3.8, 4) is 0 Å². The van der Waals surface area contributed by atoms with Crippen molar-refractivity contribution in [2.45, 2.75) is 12.5 Å². The lowest BCUT2D eigenvalue weighted by Crippen LogP contribution is -2.24. The van der Waals surface area contributed by atoms with Crippen LogP contribution in [0.15, 0.2) is 12.2 Å². The van der Waals surface area contributed by atoms with E-state index in [0.717, 1.165) is 0 Å². The standard InChI is InChI=1S/C8H12N6O/c1-14-12-8(11-13-14)10-7(15)5-2-3-6(9)4-5/h2-3,5-6H,4,9H2,1H3,(H,10,12,15). The SMILES string of the molecule is Cn1nnc(NC(=O)C2C=CC(N)C2)n1. The van der Waals surface area contributed by atoms with Gasteiger partial charge in [0.2, 0.25) is 5.91 Å². The van der Waals surface area contributed by atoms with Gasteiger partial charge in [0.1, 0.15) is 0 Å². The van der Waals surface area contributed by atoms with Crippen LogP contribution >= 0.6 is 0 Å². The van der Waals surface area contributed by atoms with Crippen LogP contribution in [-0.4, -0.2) is 32.2 Å². The Labute approximate surface area is 86.3 Å². The number of hydrogen-bond acceptors (Lipinski definition) is 5. The first-order chi connectivity index (χ1) is 7.15. The van der Waals surface area contributed by atoms with E-state index in [2.05, 4.69) is 20.7 Å². The number of hydrogen-bond donors (Lipinski definition) is 2. The van der Waals surface area contributed by atoms with Gasteiger partial charge in [-0.3, -0.25) is 10.1 Å². The van der Waals surface area contributed by atoms with Crippen LogP contribution in [0.4, 0.5) is 5.95 Å². The molecule has 2 unspecified atom stereocenters. The Morgan fingerprint density at radius 3 is 3.00 bits per heavy atom. The third-order valence-electron chi connectivity index (χ3n) is 2.20. The summed E-state index contributed by atoms with van der Waals surface area (Å²) in [4.78, 5) is 12.9. The van der Waals surface area contributed by atoms with Gasteiger partial charge in [0.25, 0.3) is 5.95 Å². The average molecular weight is 208 g/mol. The molecule has 1 amide bonds. The number of tetrazole rings is 1. The molecule has 0 saturated heterocycles. The van der Waals surface area contributed by atoms with Crippen LogP contribution in [0.2, 0.25) is 0 Å². The number of nitrogens with two attached hydrogens (primary N) is 1. The molecule has 2 rings (SSSR count). The topological polar surface area (TPSA) is 98.7 Å². The van der Waals surface area contributed by atoms with Crippen molar-refractivity contribution in [1.29, 1.82) is 0 Å². The van der Waals surface area contributed by atoms with Crippen molar-refractivity contribution in [3.05, 3.63) is 12.2 Å². The molecular formula is C8H12N6O. The van der Waals surface area contributed by atoms with E-state index in [0.29, 0.717) is 6.42 Å². The minimum absolute atomic E-state index is 0.0319. The first-order valence-electron chi connectivity index (χ1n) is 4.64. The number of rotatable bonds is 2. The third kappa shape index (κ3) is 2.18. The first kappa shape index (κ1) is 9.78. The quantitative estimate of drug-likeness (QED) is 0.611. The Morgan fingerprint density at radius 1 is 1.67 bits per heavy atom. The van der Waals surface area contributed by atoms with Crippen LogP contribution in [0, 0.1) is 5.92 Å². The minimum atomic E-state index is -0.191. The van der Waals surface area contributed by atoms with E-state index in [1.807, 2.05) is 6.08 Å². The van der Waals surface area contributed by atoms with Crippen molar-refractivity contribution in [1.82, 2.24) is 20.2 Å². The second-order valence-corrected chi connectivity index (χ2v) is 3.48. The van der Waals surface area contributed by atoms with Gasteiger partial charge in [-0.1, -0.05) is 17.3 Å². The molecule has 1 aromatic heterocycles. The van der Waals surface area contributed by atoms with Gasteiger partial charge in [0, 0.05) is 6.04 Å². The normalized spacial score (nSPS) is 24.4. The molecular weight excluding hydrogens is 196 g/mol. The second kappa shape index (κ2) is 3.77. The molecule has 80 valence electrons. The summed E-state index contributed by atoms with van der Waals surface area (Å²) in [6, 6.07) is -0.0319. The van der Waals surface area contributed by atoms with Crippen molar-refractivity contribution < 1.29 is 4.79 Å². The Kier molecular flexibility index (Phi) is 2.46. The minimum Gasteiger partial charge on any atom is -0.324 e.